The van der Waals surface area contributed by atoms with E-state index in [1.165, 1.54) is 11.5 Å². The predicted octanol–water partition coefficient (Wildman–Crippen LogP) is 2.89. The number of fused-ring (bicyclic) bond motifs is 1. The molecule has 0 aliphatic rings. The van der Waals surface area contributed by atoms with Crippen LogP contribution in [-0.4, -0.2) is 14.4 Å². The Bertz CT molecular complexity index is 617. The maximum Gasteiger partial charge on any atom is 0.140 e. The zero-order valence-electron chi connectivity index (χ0n) is 9.25. The maximum atomic E-state index is 11.8. The molecule has 0 spiro atoms. The van der Waals surface area contributed by atoms with Gasteiger partial charge in [-0.25, -0.2) is 4.21 Å². The van der Waals surface area contributed by atoms with Crippen LogP contribution in [0.1, 0.15) is 6.92 Å². The number of phenolic OH excluding ortho intramolecular Hbond substituents is 2. The molecule has 0 saturated heterocycles. The molecule has 0 saturated carbocycles. The lowest BCUT2D eigenvalue weighted by Gasteiger charge is -2.07. The molecule has 3 nitrogen and oxygen atoms in total. The minimum Gasteiger partial charge on any atom is -0.507 e. The van der Waals surface area contributed by atoms with Crippen molar-refractivity contribution in [2.24, 2.45) is 0 Å². The van der Waals surface area contributed by atoms with E-state index in [0.29, 0.717) is 10.8 Å². The van der Waals surface area contributed by atoms with E-state index in [9.17, 15) is 14.4 Å². The molecular weight excluding hydrogens is 236 g/mol. The van der Waals surface area contributed by atoms with E-state index >= 15 is 0 Å². The van der Waals surface area contributed by atoms with Crippen molar-refractivity contribution in [2.45, 2.75) is 11.8 Å². The van der Waals surface area contributed by atoms with E-state index in [4.69, 9.17) is 0 Å². The number of allylic oxidation sites excluding steroid dienone is 1. The van der Waals surface area contributed by atoms with E-state index < -0.39 is 10.8 Å². The van der Waals surface area contributed by atoms with E-state index in [0.717, 1.165) is 0 Å². The summed E-state index contributed by atoms with van der Waals surface area (Å²) in [6, 6.07) is 8.25. The van der Waals surface area contributed by atoms with Crippen molar-refractivity contribution in [3.05, 3.63) is 41.8 Å². The van der Waals surface area contributed by atoms with E-state index in [1.807, 2.05) is 0 Å². The van der Waals surface area contributed by atoms with Crippen LogP contribution in [0.4, 0.5) is 0 Å². The molecule has 2 N–H and O–H groups in total. The first-order valence-electron chi connectivity index (χ1n) is 5.12. The molecule has 2 aromatic carbocycles. The quantitative estimate of drug-likeness (QED) is 0.803. The second-order valence-electron chi connectivity index (χ2n) is 3.55. The highest BCUT2D eigenvalue weighted by Crippen LogP contribution is 2.37. The van der Waals surface area contributed by atoms with Crippen LogP contribution in [0, 0.1) is 0 Å². The molecule has 0 aliphatic carbocycles. The van der Waals surface area contributed by atoms with Gasteiger partial charge in [0.05, 0.1) is 15.7 Å². The SMILES string of the molecule is C/C=C/S(=O)c1cc(O)c2ccccc2c1O. The lowest BCUT2D eigenvalue weighted by Crippen LogP contribution is -1.89. The van der Waals surface area contributed by atoms with Crippen molar-refractivity contribution in [1.29, 1.82) is 0 Å². The summed E-state index contributed by atoms with van der Waals surface area (Å²) in [6.45, 7) is 1.75. The van der Waals surface area contributed by atoms with Crippen molar-refractivity contribution in [2.75, 3.05) is 0 Å². The van der Waals surface area contributed by atoms with Crippen LogP contribution in [0.3, 0.4) is 0 Å². The largest absolute Gasteiger partial charge is 0.507 e. The number of aromatic hydroxyl groups is 2. The third-order valence-corrected chi connectivity index (χ3v) is 3.70. The highest BCUT2D eigenvalue weighted by atomic mass is 32.2. The van der Waals surface area contributed by atoms with Gasteiger partial charge in [0.2, 0.25) is 0 Å². The Morgan fingerprint density at radius 2 is 1.82 bits per heavy atom. The zero-order chi connectivity index (χ0) is 12.4. The maximum absolute atomic E-state index is 11.8. The van der Waals surface area contributed by atoms with Crippen LogP contribution in [0.2, 0.25) is 0 Å². The molecule has 0 aromatic heterocycles. The molecule has 0 amide bonds. The topological polar surface area (TPSA) is 57.5 Å². The minimum atomic E-state index is -1.45. The lowest BCUT2D eigenvalue weighted by molar-refractivity contribution is 0.457. The average molecular weight is 248 g/mol. The van der Waals surface area contributed by atoms with Crippen molar-refractivity contribution >= 4 is 21.6 Å². The van der Waals surface area contributed by atoms with Gasteiger partial charge in [0, 0.05) is 22.2 Å². The number of benzene rings is 2. The Balaban J connectivity index is 2.75. The number of phenols is 2. The monoisotopic (exact) mass is 248 g/mol. The fraction of sp³-hybridized carbons (Fsp3) is 0.0769. The van der Waals surface area contributed by atoms with Crippen molar-refractivity contribution in [3.63, 3.8) is 0 Å². The Morgan fingerprint density at radius 1 is 1.18 bits per heavy atom. The summed E-state index contributed by atoms with van der Waals surface area (Å²) < 4.78 is 11.8. The van der Waals surface area contributed by atoms with Gasteiger partial charge in [-0.15, -0.1) is 0 Å². The van der Waals surface area contributed by atoms with Gasteiger partial charge in [-0.1, -0.05) is 30.3 Å². The molecule has 0 bridgehead atoms. The summed E-state index contributed by atoms with van der Waals surface area (Å²) >= 11 is 0. The van der Waals surface area contributed by atoms with E-state index in [-0.39, 0.29) is 16.4 Å². The van der Waals surface area contributed by atoms with Crippen LogP contribution in [0.15, 0.2) is 46.7 Å². The molecule has 0 aliphatic heterocycles. The summed E-state index contributed by atoms with van der Waals surface area (Å²) in [7, 11) is -1.45. The molecule has 0 heterocycles. The number of hydrogen-bond acceptors (Lipinski definition) is 3. The first kappa shape index (κ1) is 11.7. The van der Waals surface area contributed by atoms with Crippen LogP contribution in [-0.2, 0) is 10.8 Å². The van der Waals surface area contributed by atoms with Crippen molar-refractivity contribution in [1.82, 2.24) is 0 Å². The first-order chi connectivity index (χ1) is 8.15. The van der Waals surface area contributed by atoms with Crippen molar-refractivity contribution in [3.8, 4) is 11.5 Å². The standard InChI is InChI=1S/C13H12O3S/c1-2-7-17(16)12-8-11(14)9-5-3-4-6-10(9)13(12)15/h2-8,14-15H,1H3/b7-2+. The number of rotatable bonds is 2. The van der Waals surface area contributed by atoms with Crippen LogP contribution < -0.4 is 0 Å². The first-order valence-corrected chi connectivity index (χ1v) is 6.33. The molecule has 2 aromatic rings. The van der Waals surface area contributed by atoms with Gasteiger partial charge < -0.3 is 10.2 Å². The van der Waals surface area contributed by atoms with Gasteiger partial charge in [-0.3, -0.25) is 0 Å². The second-order valence-corrected chi connectivity index (χ2v) is 4.86. The molecule has 0 fully saturated rings. The van der Waals surface area contributed by atoms with Crippen LogP contribution in [0.25, 0.3) is 10.8 Å². The summed E-state index contributed by atoms with van der Waals surface area (Å²) in [5.74, 6) is -0.0268. The Kier molecular flexibility index (Phi) is 3.15. The predicted molar refractivity (Wildman–Crippen MR) is 68.5 cm³/mol. The van der Waals surface area contributed by atoms with Gasteiger partial charge in [0.15, 0.2) is 0 Å². The van der Waals surface area contributed by atoms with Crippen LogP contribution >= 0.6 is 0 Å². The fourth-order valence-electron chi connectivity index (χ4n) is 1.67. The van der Waals surface area contributed by atoms with Gasteiger partial charge >= 0.3 is 0 Å². The molecule has 0 radical (unpaired) electrons. The summed E-state index contributed by atoms with van der Waals surface area (Å²) in [5.41, 5.74) is 0. The van der Waals surface area contributed by atoms with Gasteiger partial charge in [0.1, 0.15) is 11.5 Å². The number of hydrogen-bond donors (Lipinski definition) is 2. The zero-order valence-corrected chi connectivity index (χ0v) is 10.1. The third-order valence-electron chi connectivity index (χ3n) is 2.44. The second kappa shape index (κ2) is 4.59. The van der Waals surface area contributed by atoms with Crippen LogP contribution in [0.5, 0.6) is 11.5 Å². The summed E-state index contributed by atoms with van der Waals surface area (Å²) in [5, 5.41) is 22.4. The molecule has 4 heteroatoms. The molecule has 1 unspecified atom stereocenters. The van der Waals surface area contributed by atoms with Gasteiger partial charge in [-0.2, -0.15) is 0 Å². The average Bonchev–Trinajstić information content (AvgIpc) is 2.34. The van der Waals surface area contributed by atoms with Crippen molar-refractivity contribution < 1.29 is 14.4 Å². The highest BCUT2D eigenvalue weighted by molar-refractivity contribution is 7.88. The smallest absolute Gasteiger partial charge is 0.140 e. The molecule has 1 atom stereocenters. The Labute approximate surface area is 101 Å². The highest BCUT2D eigenvalue weighted by Gasteiger charge is 2.13. The molecular formula is C13H12O3S. The summed E-state index contributed by atoms with van der Waals surface area (Å²) in [4.78, 5) is 0.222. The molecule has 2 rings (SSSR count). The molecule has 17 heavy (non-hydrogen) atoms. The minimum absolute atomic E-state index is 0.0197. The summed E-state index contributed by atoms with van der Waals surface area (Å²) in [6.07, 6.45) is 1.64. The molecule has 88 valence electrons. The van der Waals surface area contributed by atoms with E-state index in [2.05, 4.69) is 0 Å². The third kappa shape index (κ3) is 2.03. The fourth-order valence-corrected chi connectivity index (χ4v) is 2.59. The lowest BCUT2D eigenvalue weighted by atomic mass is 10.1. The Morgan fingerprint density at radius 3 is 2.47 bits per heavy atom. The van der Waals surface area contributed by atoms with Gasteiger partial charge in [0.25, 0.3) is 0 Å². The normalized spacial score (nSPS) is 13.2. The van der Waals surface area contributed by atoms with E-state index in [1.54, 1.807) is 37.3 Å². The van der Waals surface area contributed by atoms with Gasteiger partial charge in [-0.05, 0) is 6.92 Å². The Hall–Kier alpha value is -1.81.